The molecule has 0 atom stereocenters. The number of hydrogen-bond donors (Lipinski definition) is 2. The molecule has 0 unspecified atom stereocenters. The van der Waals surface area contributed by atoms with E-state index in [2.05, 4.69) is 12.2 Å². The van der Waals surface area contributed by atoms with Crippen molar-refractivity contribution in [3.63, 3.8) is 0 Å². The fourth-order valence-electron chi connectivity index (χ4n) is 2.90. The van der Waals surface area contributed by atoms with Crippen LogP contribution in [0, 0.1) is 10.1 Å². The summed E-state index contributed by atoms with van der Waals surface area (Å²) >= 11 is 0. The van der Waals surface area contributed by atoms with Gasteiger partial charge in [0.1, 0.15) is 5.75 Å². The van der Waals surface area contributed by atoms with Gasteiger partial charge in [0.25, 0.3) is 5.69 Å². The fourth-order valence-corrected chi connectivity index (χ4v) is 2.90. The monoisotopic (exact) mass is 364 g/mol. The number of benzene rings is 1. The lowest BCUT2D eigenvalue weighted by Gasteiger charge is -2.07. The number of aromatic hydroxyl groups is 1. The summed E-state index contributed by atoms with van der Waals surface area (Å²) in [4.78, 5) is 22.1. The molecule has 1 rings (SSSR count). The molecule has 0 aliphatic rings. The van der Waals surface area contributed by atoms with Crippen LogP contribution in [0.2, 0.25) is 0 Å². The van der Waals surface area contributed by atoms with Gasteiger partial charge < -0.3 is 10.4 Å². The van der Waals surface area contributed by atoms with E-state index in [1.54, 1.807) is 0 Å². The third kappa shape index (κ3) is 9.39. The zero-order valence-electron chi connectivity index (χ0n) is 15.8. The number of nitrogens with zero attached hydrogens (tertiary/aromatic N) is 1. The predicted octanol–water partition coefficient (Wildman–Crippen LogP) is 4.88. The molecule has 0 aliphatic heterocycles. The summed E-state index contributed by atoms with van der Waals surface area (Å²) in [5.74, 6) is -0.318. The molecule has 0 bridgehead atoms. The van der Waals surface area contributed by atoms with Crippen molar-refractivity contribution in [1.82, 2.24) is 5.32 Å². The molecule has 1 aromatic rings. The van der Waals surface area contributed by atoms with Crippen molar-refractivity contribution in [2.24, 2.45) is 0 Å². The molecule has 0 heterocycles. The Bertz CT molecular complexity index is 561. The van der Waals surface area contributed by atoms with Crippen molar-refractivity contribution in [2.45, 2.75) is 77.6 Å². The smallest absolute Gasteiger partial charge is 0.269 e. The van der Waals surface area contributed by atoms with E-state index in [1.165, 1.54) is 69.6 Å². The lowest BCUT2D eigenvalue weighted by atomic mass is 10.1. The molecule has 0 aliphatic carbocycles. The van der Waals surface area contributed by atoms with Gasteiger partial charge in [0.05, 0.1) is 11.3 Å². The second-order valence-electron chi connectivity index (χ2n) is 6.78. The molecule has 6 heteroatoms. The summed E-state index contributed by atoms with van der Waals surface area (Å²) in [6, 6.07) is 3.72. The molecular formula is C20H32N2O4. The minimum atomic E-state index is -0.537. The number of rotatable bonds is 14. The Kier molecular flexibility index (Phi) is 11.1. The topological polar surface area (TPSA) is 92.5 Å². The summed E-state index contributed by atoms with van der Waals surface area (Å²) < 4.78 is 0. The highest BCUT2D eigenvalue weighted by molar-refractivity contribution is 5.79. The molecule has 6 nitrogen and oxygen atoms in total. The van der Waals surface area contributed by atoms with E-state index in [-0.39, 0.29) is 29.3 Å². The van der Waals surface area contributed by atoms with Crippen molar-refractivity contribution < 1.29 is 14.8 Å². The van der Waals surface area contributed by atoms with Crippen LogP contribution in [-0.2, 0) is 11.2 Å². The number of non-ortho nitro benzene ring substituents is 1. The van der Waals surface area contributed by atoms with E-state index in [1.807, 2.05) is 0 Å². The minimum absolute atomic E-state index is 0.0503. The quantitative estimate of drug-likeness (QED) is 0.279. The van der Waals surface area contributed by atoms with Gasteiger partial charge in [-0.25, -0.2) is 0 Å². The first-order valence-corrected chi connectivity index (χ1v) is 9.77. The number of carbonyl (C=O) groups is 1. The second-order valence-corrected chi connectivity index (χ2v) is 6.78. The molecule has 0 aromatic heterocycles. The van der Waals surface area contributed by atoms with Gasteiger partial charge >= 0.3 is 0 Å². The normalized spacial score (nSPS) is 10.7. The Morgan fingerprint density at radius 1 is 1.04 bits per heavy atom. The summed E-state index contributed by atoms with van der Waals surface area (Å²) in [7, 11) is 0. The number of phenols is 1. The third-order valence-corrected chi connectivity index (χ3v) is 4.48. The maximum absolute atomic E-state index is 11.9. The van der Waals surface area contributed by atoms with Gasteiger partial charge in [0, 0.05) is 24.2 Å². The van der Waals surface area contributed by atoms with Gasteiger partial charge in [-0.3, -0.25) is 14.9 Å². The Hall–Kier alpha value is -2.11. The number of nitro groups is 1. The number of nitro benzene ring substituents is 1. The molecule has 0 saturated heterocycles. The third-order valence-electron chi connectivity index (χ3n) is 4.48. The first-order chi connectivity index (χ1) is 12.5. The van der Waals surface area contributed by atoms with Crippen molar-refractivity contribution in [3.05, 3.63) is 33.9 Å². The maximum Gasteiger partial charge on any atom is 0.269 e. The lowest BCUT2D eigenvalue weighted by Crippen LogP contribution is -2.26. The summed E-state index contributed by atoms with van der Waals surface area (Å²) in [5, 5.41) is 23.3. The van der Waals surface area contributed by atoms with Crippen LogP contribution in [-0.4, -0.2) is 22.5 Å². The summed E-state index contributed by atoms with van der Waals surface area (Å²) in [5.41, 5.74) is 0.153. The van der Waals surface area contributed by atoms with Crippen LogP contribution in [0.25, 0.3) is 0 Å². The summed E-state index contributed by atoms with van der Waals surface area (Å²) in [6.45, 7) is 2.83. The Balaban J connectivity index is 2.10. The van der Waals surface area contributed by atoms with Gasteiger partial charge in [-0.2, -0.15) is 0 Å². The van der Waals surface area contributed by atoms with Gasteiger partial charge in [-0.05, 0) is 12.5 Å². The van der Waals surface area contributed by atoms with E-state index in [4.69, 9.17) is 0 Å². The van der Waals surface area contributed by atoms with Crippen LogP contribution in [0.5, 0.6) is 5.75 Å². The first-order valence-electron chi connectivity index (χ1n) is 9.77. The highest BCUT2D eigenvalue weighted by atomic mass is 16.6. The van der Waals surface area contributed by atoms with Gasteiger partial charge in [-0.1, -0.05) is 64.7 Å². The van der Waals surface area contributed by atoms with Gasteiger partial charge in [0.15, 0.2) is 0 Å². The minimum Gasteiger partial charge on any atom is -0.508 e. The Morgan fingerprint density at radius 2 is 1.62 bits per heavy atom. The molecule has 1 amide bonds. The van der Waals surface area contributed by atoms with Crippen LogP contribution >= 0.6 is 0 Å². The fraction of sp³-hybridized carbons (Fsp3) is 0.650. The molecular weight excluding hydrogens is 332 g/mol. The molecule has 26 heavy (non-hydrogen) atoms. The standard InChI is InChI=1S/C20H32N2O4/c1-2-3-4-5-6-7-8-9-10-11-14-21-20(24)16-17-15-18(22(25)26)12-13-19(17)23/h12-13,15,23H,2-11,14,16H2,1H3,(H,21,24). The van der Waals surface area contributed by atoms with Gasteiger partial charge in [0.2, 0.25) is 5.91 Å². The molecule has 2 N–H and O–H groups in total. The molecule has 0 radical (unpaired) electrons. The summed E-state index contributed by atoms with van der Waals surface area (Å²) in [6.07, 6.45) is 12.4. The van der Waals surface area contributed by atoms with E-state index in [0.717, 1.165) is 12.8 Å². The lowest BCUT2D eigenvalue weighted by molar-refractivity contribution is -0.384. The first kappa shape index (κ1) is 21.9. The molecule has 0 spiro atoms. The number of carbonyl (C=O) groups excluding carboxylic acids is 1. The molecule has 0 fully saturated rings. The largest absolute Gasteiger partial charge is 0.508 e. The van der Waals surface area contributed by atoms with E-state index in [9.17, 15) is 20.0 Å². The van der Waals surface area contributed by atoms with Crippen LogP contribution < -0.4 is 5.32 Å². The zero-order chi connectivity index (χ0) is 19.2. The van der Waals surface area contributed by atoms with Crippen molar-refractivity contribution in [2.75, 3.05) is 6.54 Å². The zero-order valence-corrected chi connectivity index (χ0v) is 15.8. The second kappa shape index (κ2) is 13.1. The molecule has 0 saturated carbocycles. The van der Waals surface area contributed by atoms with Crippen LogP contribution in [0.4, 0.5) is 5.69 Å². The SMILES string of the molecule is CCCCCCCCCCCCNC(=O)Cc1cc([N+](=O)[O-])ccc1O. The molecule has 1 aromatic carbocycles. The predicted molar refractivity (Wildman–Crippen MR) is 103 cm³/mol. The van der Waals surface area contributed by atoms with Crippen molar-refractivity contribution in [1.29, 1.82) is 0 Å². The average molecular weight is 364 g/mol. The number of amides is 1. The van der Waals surface area contributed by atoms with Crippen molar-refractivity contribution in [3.8, 4) is 5.75 Å². The molecule has 146 valence electrons. The van der Waals surface area contributed by atoms with Gasteiger partial charge in [-0.15, -0.1) is 0 Å². The van der Waals surface area contributed by atoms with Crippen LogP contribution in [0.1, 0.15) is 76.7 Å². The maximum atomic E-state index is 11.9. The number of unbranched alkanes of at least 4 members (excludes halogenated alkanes) is 9. The highest BCUT2D eigenvalue weighted by Gasteiger charge is 2.13. The van der Waals surface area contributed by atoms with Crippen molar-refractivity contribution >= 4 is 11.6 Å². The average Bonchev–Trinajstić information content (AvgIpc) is 2.61. The van der Waals surface area contributed by atoms with E-state index >= 15 is 0 Å². The van der Waals surface area contributed by atoms with Crippen LogP contribution in [0.15, 0.2) is 18.2 Å². The highest BCUT2D eigenvalue weighted by Crippen LogP contribution is 2.23. The Morgan fingerprint density at radius 3 is 2.19 bits per heavy atom. The van der Waals surface area contributed by atoms with E-state index in [0.29, 0.717) is 6.54 Å². The number of nitrogens with one attached hydrogen (secondary N) is 1. The van der Waals surface area contributed by atoms with E-state index < -0.39 is 4.92 Å². The number of phenolic OH excluding ortho intramolecular Hbond substituents is 1. The van der Waals surface area contributed by atoms with Crippen LogP contribution in [0.3, 0.4) is 0 Å². The Labute approximate surface area is 156 Å². The number of hydrogen-bond acceptors (Lipinski definition) is 4.